The molecule has 2 aromatic heterocycles. The molecule has 1 unspecified atom stereocenters. The minimum absolute atomic E-state index is 0.222. The van der Waals surface area contributed by atoms with Gasteiger partial charge in [0.2, 0.25) is 5.78 Å². The second kappa shape index (κ2) is 7.29. The molecule has 25 heavy (non-hydrogen) atoms. The average Bonchev–Trinajstić information content (AvgIpc) is 2.88. The zero-order chi connectivity index (χ0) is 18.7. The van der Waals surface area contributed by atoms with Crippen molar-refractivity contribution in [2.24, 2.45) is 0 Å². The standard InChI is InChI=1S/C18H20N2O5/c1-9-6-7-13(8-19-9)17(22)25-12(4)16(21)15-10(2)14(11(3)20-15)18(23)24-5/h6-8,12,20H,1-5H3. The lowest BCUT2D eigenvalue weighted by atomic mass is 10.1. The molecule has 2 heterocycles. The van der Waals surface area contributed by atoms with Crippen molar-refractivity contribution in [1.82, 2.24) is 9.97 Å². The lowest BCUT2D eigenvalue weighted by Gasteiger charge is -2.12. The quantitative estimate of drug-likeness (QED) is 0.661. The van der Waals surface area contributed by atoms with Gasteiger partial charge in [-0.2, -0.15) is 0 Å². The van der Waals surface area contributed by atoms with Crippen molar-refractivity contribution < 1.29 is 23.9 Å². The largest absolute Gasteiger partial charge is 0.465 e. The number of aromatic nitrogens is 2. The van der Waals surface area contributed by atoms with Crippen molar-refractivity contribution in [1.29, 1.82) is 0 Å². The second-order valence-corrected chi connectivity index (χ2v) is 5.72. The number of aryl methyl sites for hydroxylation is 2. The Morgan fingerprint density at radius 2 is 1.80 bits per heavy atom. The van der Waals surface area contributed by atoms with Crippen molar-refractivity contribution in [3.63, 3.8) is 0 Å². The molecule has 2 rings (SSSR count). The van der Waals surface area contributed by atoms with Crippen LogP contribution in [0.25, 0.3) is 0 Å². The number of esters is 2. The van der Waals surface area contributed by atoms with Crippen LogP contribution in [0.2, 0.25) is 0 Å². The Bertz CT molecular complexity index is 821. The summed E-state index contributed by atoms with van der Waals surface area (Å²) in [4.78, 5) is 43.4. The first-order valence-corrected chi connectivity index (χ1v) is 7.71. The third-order valence-electron chi connectivity index (χ3n) is 3.87. The number of methoxy groups -OCH3 is 1. The third kappa shape index (κ3) is 3.76. The van der Waals surface area contributed by atoms with E-state index in [0.717, 1.165) is 5.69 Å². The number of nitrogens with zero attached hydrogens (tertiary/aromatic N) is 1. The summed E-state index contributed by atoms with van der Waals surface area (Å²) in [6.07, 6.45) is 0.380. The van der Waals surface area contributed by atoms with Gasteiger partial charge in [0.1, 0.15) is 0 Å². The van der Waals surface area contributed by atoms with Crippen molar-refractivity contribution in [3.05, 3.63) is 52.1 Å². The summed E-state index contributed by atoms with van der Waals surface area (Å²) in [5.41, 5.74) is 2.56. The van der Waals surface area contributed by atoms with E-state index in [-0.39, 0.29) is 11.3 Å². The van der Waals surface area contributed by atoms with Gasteiger partial charge in [-0.3, -0.25) is 9.78 Å². The molecule has 0 radical (unpaired) electrons. The molecule has 0 aliphatic rings. The molecule has 0 aliphatic carbocycles. The van der Waals surface area contributed by atoms with E-state index in [1.807, 2.05) is 0 Å². The van der Waals surface area contributed by atoms with E-state index >= 15 is 0 Å². The van der Waals surface area contributed by atoms with E-state index in [2.05, 4.69) is 9.97 Å². The fourth-order valence-corrected chi connectivity index (χ4v) is 2.48. The van der Waals surface area contributed by atoms with Crippen LogP contribution in [0, 0.1) is 20.8 Å². The Morgan fingerprint density at radius 1 is 1.12 bits per heavy atom. The highest BCUT2D eigenvalue weighted by Crippen LogP contribution is 2.21. The summed E-state index contributed by atoms with van der Waals surface area (Å²) in [6.45, 7) is 6.60. The van der Waals surface area contributed by atoms with Gasteiger partial charge in [0.25, 0.3) is 0 Å². The Kier molecular flexibility index (Phi) is 5.36. The number of H-pyrrole nitrogens is 1. The number of ether oxygens (including phenoxy) is 2. The van der Waals surface area contributed by atoms with Gasteiger partial charge in [-0.1, -0.05) is 0 Å². The van der Waals surface area contributed by atoms with Gasteiger partial charge in [-0.05, 0) is 45.4 Å². The number of ketones is 1. The van der Waals surface area contributed by atoms with Crippen LogP contribution in [0.15, 0.2) is 18.3 Å². The summed E-state index contributed by atoms with van der Waals surface area (Å²) in [6, 6.07) is 3.27. The summed E-state index contributed by atoms with van der Waals surface area (Å²) >= 11 is 0. The zero-order valence-electron chi connectivity index (χ0n) is 14.8. The molecule has 1 atom stereocenters. The number of aromatic amines is 1. The van der Waals surface area contributed by atoms with Gasteiger partial charge in [-0.25, -0.2) is 9.59 Å². The average molecular weight is 344 g/mol. The lowest BCUT2D eigenvalue weighted by molar-refractivity contribution is 0.0316. The Hall–Kier alpha value is -2.96. The number of carbonyl (C=O) groups excluding carboxylic acids is 3. The van der Waals surface area contributed by atoms with E-state index in [1.165, 1.54) is 20.2 Å². The highest BCUT2D eigenvalue weighted by molar-refractivity contribution is 6.04. The van der Waals surface area contributed by atoms with Crippen LogP contribution < -0.4 is 0 Å². The summed E-state index contributed by atoms with van der Waals surface area (Å²) < 4.78 is 9.94. The van der Waals surface area contributed by atoms with Crippen LogP contribution in [-0.2, 0) is 9.47 Å². The summed E-state index contributed by atoms with van der Waals surface area (Å²) in [5, 5.41) is 0. The topological polar surface area (TPSA) is 98.4 Å². The van der Waals surface area contributed by atoms with Crippen LogP contribution in [0.1, 0.15) is 55.1 Å². The maximum absolute atomic E-state index is 12.6. The smallest absolute Gasteiger partial charge is 0.340 e. The molecule has 0 amide bonds. The fourth-order valence-electron chi connectivity index (χ4n) is 2.48. The lowest BCUT2D eigenvalue weighted by Crippen LogP contribution is -2.25. The first kappa shape index (κ1) is 18.4. The van der Waals surface area contributed by atoms with Gasteiger partial charge in [0.15, 0.2) is 6.10 Å². The number of hydrogen-bond acceptors (Lipinski definition) is 6. The number of hydrogen-bond donors (Lipinski definition) is 1. The molecule has 0 saturated heterocycles. The molecule has 0 spiro atoms. The minimum atomic E-state index is -1.02. The van der Waals surface area contributed by atoms with Crippen molar-refractivity contribution in [3.8, 4) is 0 Å². The van der Waals surface area contributed by atoms with Crippen LogP contribution in [0.3, 0.4) is 0 Å². The normalized spacial score (nSPS) is 11.7. The van der Waals surface area contributed by atoms with Crippen LogP contribution in [0.5, 0.6) is 0 Å². The maximum Gasteiger partial charge on any atom is 0.340 e. The molecule has 132 valence electrons. The number of nitrogens with one attached hydrogen (secondary N) is 1. The molecule has 7 heteroatoms. The highest BCUT2D eigenvalue weighted by Gasteiger charge is 2.27. The first-order chi connectivity index (χ1) is 11.8. The van der Waals surface area contributed by atoms with E-state index in [0.29, 0.717) is 16.8 Å². The molecule has 7 nitrogen and oxygen atoms in total. The van der Waals surface area contributed by atoms with E-state index in [9.17, 15) is 14.4 Å². The molecule has 0 fully saturated rings. The van der Waals surface area contributed by atoms with E-state index in [1.54, 1.807) is 32.9 Å². The first-order valence-electron chi connectivity index (χ1n) is 7.71. The summed E-state index contributed by atoms with van der Waals surface area (Å²) in [5.74, 6) is -1.59. The van der Waals surface area contributed by atoms with E-state index < -0.39 is 23.8 Å². The molecule has 0 aliphatic heterocycles. The third-order valence-corrected chi connectivity index (χ3v) is 3.87. The predicted molar refractivity (Wildman–Crippen MR) is 89.8 cm³/mol. The zero-order valence-corrected chi connectivity index (χ0v) is 14.8. The number of carbonyl (C=O) groups is 3. The minimum Gasteiger partial charge on any atom is -0.465 e. The SMILES string of the molecule is COC(=O)c1c(C)[nH]c(C(=O)C(C)OC(=O)c2ccc(C)nc2)c1C. The van der Waals surface area contributed by atoms with Crippen molar-refractivity contribution in [2.45, 2.75) is 33.8 Å². The highest BCUT2D eigenvalue weighted by atomic mass is 16.5. The number of Topliss-reactive ketones (excluding diaryl/α,β-unsaturated/α-hetero) is 1. The van der Waals surface area contributed by atoms with Crippen LogP contribution in [0.4, 0.5) is 0 Å². The Labute approximate surface area is 145 Å². The van der Waals surface area contributed by atoms with Crippen molar-refractivity contribution >= 4 is 17.7 Å². The molecule has 0 saturated carbocycles. The molecular weight excluding hydrogens is 324 g/mol. The van der Waals surface area contributed by atoms with Crippen LogP contribution in [-0.4, -0.2) is 40.9 Å². The van der Waals surface area contributed by atoms with Crippen LogP contribution >= 0.6 is 0 Å². The predicted octanol–water partition coefficient (Wildman–Crippen LogP) is 2.55. The maximum atomic E-state index is 12.6. The fraction of sp³-hybridized carbons (Fsp3) is 0.333. The molecule has 1 N–H and O–H groups in total. The number of pyridine rings is 1. The van der Waals surface area contributed by atoms with E-state index in [4.69, 9.17) is 9.47 Å². The monoisotopic (exact) mass is 344 g/mol. The van der Waals surface area contributed by atoms with Crippen molar-refractivity contribution in [2.75, 3.05) is 7.11 Å². The Morgan fingerprint density at radius 3 is 2.36 bits per heavy atom. The molecule has 0 aromatic carbocycles. The number of rotatable bonds is 5. The van der Waals surface area contributed by atoms with Gasteiger partial charge >= 0.3 is 11.9 Å². The molecule has 2 aromatic rings. The van der Waals surface area contributed by atoms with Gasteiger partial charge in [-0.15, -0.1) is 0 Å². The summed E-state index contributed by atoms with van der Waals surface area (Å²) in [7, 11) is 1.27. The Balaban J connectivity index is 2.19. The van der Waals surface area contributed by atoms with Gasteiger partial charge < -0.3 is 14.5 Å². The molecule has 0 bridgehead atoms. The van der Waals surface area contributed by atoms with Gasteiger partial charge in [0, 0.05) is 17.6 Å². The molecular formula is C18H20N2O5. The second-order valence-electron chi connectivity index (χ2n) is 5.72. The van der Waals surface area contributed by atoms with Gasteiger partial charge in [0.05, 0.1) is 23.9 Å².